The van der Waals surface area contributed by atoms with Crippen LogP contribution in [0.1, 0.15) is 22.3 Å². The van der Waals surface area contributed by atoms with Gasteiger partial charge in [-0.05, 0) is 69.2 Å². The van der Waals surface area contributed by atoms with Crippen LogP contribution in [0, 0.1) is 27.7 Å². The van der Waals surface area contributed by atoms with Crippen LogP contribution in [-0.4, -0.2) is 72.4 Å². The maximum Gasteiger partial charge on any atom is 0.264 e. The first-order valence-corrected chi connectivity index (χ1v) is 15.9. The molecule has 1 aliphatic rings. The van der Waals surface area contributed by atoms with Gasteiger partial charge in [0.2, 0.25) is 10.0 Å². The lowest BCUT2D eigenvalue weighted by molar-refractivity contribution is 0.159. The average molecular weight is 572 g/mol. The van der Waals surface area contributed by atoms with Gasteiger partial charge in [0, 0.05) is 39.8 Å². The third-order valence-electron chi connectivity index (χ3n) is 7.22. The molecule has 0 amide bonds. The van der Waals surface area contributed by atoms with Gasteiger partial charge in [-0.15, -0.1) is 0 Å². The first-order valence-electron chi connectivity index (χ1n) is 13.0. The molecule has 0 aromatic heterocycles. The molecule has 0 radical (unpaired) electrons. The van der Waals surface area contributed by atoms with Crippen LogP contribution in [0.4, 0.5) is 5.69 Å². The Labute approximate surface area is 232 Å². The van der Waals surface area contributed by atoms with Crippen LogP contribution in [0.2, 0.25) is 0 Å². The largest absolute Gasteiger partial charge is 0.492 e. The highest BCUT2D eigenvalue weighted by Crippen LogP contribution is 2.34. The highest BCUT2D eigenvalue weighted by atomic mass is 32.2. The van der Waals surface area contributed by atoms with E-state index in [1.807, 2.05) is 38.1 Å². The molecule has 4 rings (SSSR count). The number of anilines is 1. The smallest absolute Gasteiger partial charge is 0.264 e. The molecule has 0 spiro atoms. The zero-order valence-electron chi connectivity index (χ0n) is 23.2. The van der Waals surface area contributed by atoms with Crippen LogP contribution in [0.15, 0.2) is 70.5 Å². The van der Waals surface area contributed by atoms with E-state index in [2.05, 4.69) is 4.90 Å². The second-order valence-corrected chi connectivity index (χ2v) is 13.9. The van der Waals surface area contributed by atoms with Crippen LogP contribution < -0.4 is 9.04 Å². The molecule has 1 aliphatic heterocycles. The number of benzene rings is 3. The topological polar surface area (TPSA) is 87.2 Å². The van der Waals surface area contributed by atoms with Crippen LogP contribution in [0.3, 0.4) is 0 Å². The quantitative estimate of drug-likeness (QED) is 0.384. The average Bonchev–Trinajstić information content (AvgIpc) is 2.90. The minimum atomic E-state index is -3.87. The first kappa shape index (κ1) is 29.1. The Balaban J connectivity index is 1.46. The predicted octanol–water partition coefficient (Wildman–Crippen LogP) is 4.13. The number of sulfonamides is 2. The van der Waals surface area contributed by atoms with E-state index in [9.17, 15) is 16.8 Å². The van der Waals surface area contributed by atoms with Crippen LogP contribution >= 0.6 is 0 Å². The van der Waals surface area contributed by atoms with E-state index < -0.39 is 20.0 Å². The van der Waals surface area contributed by atoms with Crippen molar-refractivity contribution < 1.29 is 21.6 Å². The van der Waals surface area contributed by atoms with Gasteiger partial charge in [-0.1, -0.05) is 41.5 Å². The Kier molecular flexibility index (Phi) is 8.70. The number of rotatable bonds is 9. The molecule has 0 saturated carbocycles. The number of piperazine rings is 1. The van der Waals surface area contributed by atoms with Crippen molar-refractivity contribution in [2.24, 2.45) is 0 Å². The lowest BCUT2D eigenvalue weighted by Gasteiger charge is -2.34. The monoisotopic (exact) mass is 571 g/mol. The Morgan fingerprint density at radius 2 is 1.33 bits per heavy atom. The highest BCUT2D eigenvalue weighted by molar-refractivity contribution is 7.92. The van der Waals surface area contributed by atoms with Crippen molar-refractivity contribution in [3.8, 4) is 5.75 Å². The van der Waals surface area contributed by atoms with E-state index in [4.69, 9.17) is 4.74 Å². The third kappa shape index (κ3) is 6.30. The summed E-state index contributed by atoms with van der Waals surface area (Å²) in [7, 11) is -6.22. The number of ether oxygens (including phenoxy) is 1. The van der Waals surface area contributed by atoms with E-state index in [0.717, 1.165) is 11.3 Å². The summed E-state index contributed by atoms with van der Waals surface area (Å²) in [4.78, 5) is 2.48. The van der Waals surface area contributed by atoms with Crippen molar-refractivity contribution in [2.75, 3.05) is 50.7 Å². The van der Waals surface area contributed by atoms with Crippen molar-refractivity contribution >= 4 is 25.7 Å². The van der Waals surface area contributed by atoms with Gasteiger partial charge < -0.3 is 4.74 Å². The number of nitrogens with zero attached hydrogens (tertiary/aromatic N) is 3. The summed E-state index contributed by atoms with van der Waals surface area (Å²) in [6.07, 6.45) is 0. The Bertz CT molecular complexity index is 1510. The summed E-state index contributed by atoms with van der Waals surface area (Å²) in [6, 6.07) is 17.8. The van der Waals surface area contributed by atoms with Crippen molar-refractivity contribution in [3.63, 3.8) is 0 Å². The van der Waals surface area contributed by atoms with Gasteiger partial charge in [-0.25, -0.2) is 16.8 Å². The summed E-state index contributed by atoms with van der Waals surface area (Å²) < 4.78 is 62.7. The summed E-state index contributed by atoms with van der Waals surface area (Å²) in [6.45, 7) is 10.5. The molecular formula is C29H37N3O5S2. The normalized spacial score (nSPS) is 15.3. The SMILES string of the molecule is Cc1ccc(OCCN2CCN(S(=O)(=O)c3ccc(C)c(N(C)S(=O)(=O)c4ccc(C)cc4)c3C)CC2)cc1. The molecule has 1 saturated heterocycles. The summed E-state index contributed by atoms with van der Waals surface area (Å²) >= 11 is 0. The zero-order valence-corrected chi connectivity index (χ0v) is 24.8. The molecular weight excluding hydrogens is 534 g/mol. The molecule has 10 heteroatoms. The molecule has 0 aliphatic carbocycles. The van der Waals surface area contributed by atoms with Crippen LogP contribution in [0.25, 0.3) is 0 Å². The van der Waals surface area contributed by atoms with Crippen LogP contribution in [0.5, 0.6) is 5.75 Å². The summed E-state index contributed by atoms with van der Waals surface area (Å²) in [5, 5.41) is 0. The maximum atomic E-state index is 13.7. The molecule has 1 heterocycles. The number of aryl methyl sites for hydroxylation is 3. The minimum absolute atomic E-state index is 0.130. The second kappa shape index (κ2) is 11.7. The van der Waals surface area contributed by atoms with Gasteiger partial charge >= 0.3 is 0 Å². The van der Waals surface area contributed by atoms with Gasteiger partial charge in [-0.2, -0.15) is 4.31 Å². The first-order chi connectivity index (χ1) is 18.4. The molecule has 3 aromatic rings. The van der Waals surface area contributed by atoms with E-state index >= 15 is 0 Å². The van der Waals surface area contributed by atoms with Gasteiger partial charge in [0.05, 0.1) is 15.5 Å². The van der Waals surface area contributed by atoms with Crippen molar-refractivity contribution in [1.29, 1.82) is 0 Å². The molecule has 3 aromatic carbocycles. The zero-order chi connectivity index (χ0) is 28.4. The molecule has 0 N–H and O–H groups in total. The molecule has 1 fully saturated rings. The standard InChI is InChI=1S/C29H37N3O5S2/c1-22-6-11-26(12-7-22)37-21-20-31-16-18-32(19-17-31)39(35,36)28-15-10-24(3)29(25(28)4)30(5)38(33,34)27-13-8-23(2)9-14-27/h6-15H,16-21H2,1-5H3. The molecule has 39 heavy (non-hydrogen) atoms. The second-order valence-electron chi connectivity index (χ2n) is 10.0. The summed E-state index contributed by atoms with van der Waals surface area (Å²) in [5.74, 6) is 0.821. The third-order valence-corrected chi connectivity index (χ3v) is 11.0. The van der Waals surface area contributed by atoms with Gasteiger partial charge in [0.15, 0.2) is 0 Å². The van der Waals surface area contributed by atoms with Gasteiger partial charge in [0.1, 0.15) is 12.4 Å². The van der Waals surface area contributed by atoms with Crippen molar-refractivity contribution in [3.05, 3.63) is 82.9 Å². The maximum absolute atomic E-state index is 13.7. The van der Waals surface area contributed by atoms with E-state index in [1.54, 1.807) is 50.2 Å². The van der Waals surface area contributed by atoms with E-state index in [-0.39, 0.29) is 9.79 Å². The Hall–Kier alpha value is -2.92. The fourth-order valence-corrected chi connectivity index (χ4v) is 7.79. The number of hydrogen-bond acceptors (Lipinski definition) is 6. The molecule has 0 bridgehead atoms. The van der Waals surface area contributed by atoms with Crippen LogP contribution in [-0.2, 0) is 20.0 Å². The van der Waals surface area contributed by atoms with Gasteiger partial charge in [-0.3, -0.25) is 9.21 Å². The Morgan fingerprint density at radius 3 is 1.92 bits per heavy atom. The predicted molar refractivity (Wildman–Crippen MR) is 155 cm³/mol. The lowest BCUT2D eigenvalue weighted by Crippen LogP contribution is -2.49. The fraction of sp³-hybridized carbons (Fsp3) is 0.379. The van der Waals surface area contributed by atoms with Crippen molar-refractivity contribution in [1.82, 2.24) is 9.21 Å². The Morgan fingerprint density at radius 1 is 0.769 bits per heavy atom. The molecule has 8 nitrogen and oxygen atoms in total. The lowest BCUT2D eigenvalue weighted by atomic mass is 10.1. The molecule has 210 valence electrons. The number of hydrogen-bond donors (Lipinski definition) is 0. The van der Waals surface area contributed by atoms with E-state index in [1.165, 1.54) is 21.2 Å². The highest BCUT2D eigenvalue weighted by Gasteiger charge is 2.32. The van der Waals surface area contributed by atoms with E-state index in [0.29, 0.717) is 56.1 Å². The van der Waals surface area contributed by atoms with Crippen molar-refractivity contribution in [2.45, 2.75) is 37.5 Å². The minimum Gasteiger partial charge on any atom is -0.492 e. The molecule has 0 atom stereocenters. The molecule has 0 unspecified atom stereocenters. The fourth-order valence-electron chi connectivity index (χ4n) is 4.83. The summed E-state index contributed by atoms with van der Waals surface area (Å²) in [5.41, 5.74) is 3.61. The van der Waals surface area contributed by atoms with Gasteiger partial charge in [0.25, 0.3) is 10.0 Å².